The van der Waals surface area contributed by atoms with Gasteiger partial charge in [0.2, 0.25) is 5.89 Å². The predicted octanol–water partition coefficient (Wildman–Crippen LogP) is 2.93. The summed E-state index contributed by atoms with van der Waals surface area (Å²) < 4.78 is 7.62. The van der Waals surface area contributed by atoms with Crippen molar-refractivity contribution < 1.29 is 4.52 Å². The Kier molecular flexibility index (Phi) is 3.55. The van der Waals surface area contributed by atoms with Crippen LogP contribution in [0.5, 0.6) is 0 Å². The molecule has 1 atom stereocenters. The number of rotatable bonds is 4. The van der Waals surface area contributed by atoms with E-state index in [1.807, 2.05) is 18.2 Å². The number of piperidine rings is 1. The quantitative estimate of drug-likeness (QED) is 0.728. The molecule has 0 aromatic carbocycles. The molecule has 0 spiro atoms. The van der Waals surface area contributed by atoms with Crippen LogP contribution in [0.1, 0.15) is 68.0 Å². The van der Waals surface area contributed by atoms with Gasteiger partial charge < -0.3 is 4.52 Å². The molecule has 7 nitrogen and oxygen atoms in total. The van der Waals surface area contributed by atoms with Crippen molar-refractivity contribution in [3.8, 4) is 0 Å². The first kappa shape index (κ1) is 15.0. The van der Waals surface area contributed by atoms with Crippen molar-refractivity contribution in [1.82, 2.24) is 29.6 Å². The average Bonchev–Trinajstić information content (AvgIpc) is 3.23. The lowest BCUT2D eigenvalue weighted by Crippen LogP contribution is -2.35. The molecule has 1 unspecified atom stereocenters. The highest BCUT2D eigenvalue weighted by atomic mass is 16.5. The van der Waals surface area contributed by atoms with Crippen LogP contribution in [0.3, 0.4) is 0 Å². The molecule has 7 heteroatoms. The summed E-state index contributed by atoms with van der Waals surface area (Å²) in [5, 5.41) is 12.9. The fraction of sp³-hybridized carbons (Fsp3) is 0.556. The molecule has 1 saturated carbocycles. The molecule has 2 fully saturated rings. The first-order valence-electron chi connectivity index (χ1n) is 9.17. The van der Waals surface area contributed by atoms with Gasteiger partial charge in [-0.3, -0.25) is 9.30 Å². The Hall–Kier alpha value is -2.28. The zero-order chi connectivity index (χ0) is 16.8. The number of aromatic nitrogens is 5. The van der Waals surface area contributed by atoms with Gasteiger partial charge in [-0.25, -0.2) is 0 Å². The molecule has 25 heavy (non-hydrogen) atoms. The molecule has 4 heterocycles. The predicted molar refractivity (Wildman–Crippen MR) is 91.2 cm³/mol. The van der Waals surface area contributed by atoms with E-state index in [1.54, 1.807) is 0 Å². The Morgan fingerprint density at radius 2 is 1.92 bits per heavy atom. The summed E-state index contributed by atoms with van der Waals surface area (Å²) in [6.45, 7) is 4.18. The van der Waals surface area contributed by atoms with E-state index in [2.05, 4.69) is 42.8 Å². The van der Waals surface area contributed by atoms with Crippen LogP contribution in [0.15, 0.2) is 28.9 Å². The lowest BCUT2D eigenvalue weighted by atomic mass is 9.95. The first-order chi connectivity index (χ1) is 12.3. The molecule has 3 aromatic rings. The number of nitrogens with zero attached hydrogens (tertiary/aromatic N) is 6. The molecule has 130 valence electrons. The maximum Gasteiger partial charge on any atom is 0.243 e. The smallest absolute Gasteiger partial charge is 0.243 e. The van der Waals surface area contributed by atoms with Gasteiger partial charge in [0.25, 0.3) is 0 Å². The van der Waals surface area contributed by atoms with E-state index < -0.39 is 0 Å². The Morgan fingerprint density at radius 3 is 2.72 bits per heavy atom. The fourth-order valence-electron chi connectivity index (χ4n) is 3.76. The van der Waals surface area contributed by atoms with E-state index in [-0.39, 0.29) is 6.04 Å². The number of pyridine rings is 1. The highest BCUT2D eigenvalue weighted by Gasteiger charge is 2.32. The summed E-state index contributed by atoms with van der Waals surface area (Å²) in [4.78, 5) is 7.05. The lowest BCUT2D eigenvalue weighted by molar-refractivity contribution is 0.134. The maximum atomic E-state index is 5.51. The van der Waals surface area contributed by atoms with Crippen LogP contribution < -0.4 is 0 Å². The van der Waals surface area contributed by atoms with Gasteiger partial charge in [-0.2, -0.15) is 4.98 Å². The minimum Gasteiger partial charge on any atom is -0.338 e. The third-order valence-electron chi connectivity index (χ3n) is 5.54. The van der Waals surface area contributed by atoms with Crippen LogP contribution in [0.25, 0.3) is 5.65 Å². The first-order valence-corrected chi connectivity index (χ1v) is 9.17. The highest BCUT2D eigenvalue weighted by Crippen LogP contribution is 2.39. The van der Waals surface area contributed by atoms with Crippen LogP contribution in [0.4, 0.5) is 0 Å². The van der Waals surface area contributed by atoms with Crippen molar-refractivity contribution >= 4 is 5.65 Å². The van der Waals surface area contributed by atoms with E-state index in [0.717, 1.165) is 49.1 Å². The number of hydrogen-bond donors (Lipinski definition) is 0. The van der Waals surface area contributed by atoms with Gasteiger partial charge in [0.15, 0.2) is 11.5 Å². The van der Waals surface area contributed by atoms with Crippen LogP contribution in [0.2, 0.25) is 0 Å². The Labute approximate surface area is 146 Å². The summed E-state index contributed by atoms with van der Waals surface area (Å²) >= 11 is 0. The lowest BCUT2D eigenvalue weighted by Gasteiger charge is -2.33. The Balaban J connectivity index is 1.27. The summed E-state index contributed by atoms with van der Waals surface area (Å²) in [6.07, 6.45) is 6.60. The monoisotopic (exact) mass is 338 g/mol. The minimum absolute atomic E-state index is 0.177. The van der Waals surface area contributed by atoms with Crippen molar-refractivity contribution in [1.29, 1.82) is 0 Å². The van der Waals surface area contributed by atoms with E-state index in [9.17, 15) is 0 Å². The van der Waals surface area contributed by atoms with Crippen LogP contribution in [-0.4, -0.2) is 42.7 Å². The number of likely N-dealkylation sites (tertiary alicyclic amines) is 1. The normalized spacial score (nSPS) is 21.0. The second kappa shape index (κ2) is 5.91. The molecule has 5 rings (SSSR count). The van der Waals surface area contributed by atoms with E-state index in [0.29, 0.717) is 11.8 Å². The van der Waals surface area contributed by atoms with Crippen molar-refractivity contribution in [3.63, 3.8) is 0 Å². The van der Waals surface area contributed by atoms with Crippen molar-refractivity contribution in [2.45, 2.75) is 50.5 Å². The fourth-order valence-corrected chi connectivity index (χ4v) is 3.76. The number of hydrogen-bond acceptors (Lipinski definition) is 6. The topological polar surface area (TPSA) is 72.3 Å². The largest absolute Gasteiger partial charge is 0.338 e. The van der Waals surface area contributed by atoms with E-state index >= 15 is 0 Å². The van der Waals surface area contributed by atoms with Gasteiger partial charge in [0.05, 0.1) is 6.04 Å². The SMILES string of the molecule is CC(c1nc(C2CC2)no1)N1CCC(c2nnc3ccccn23)CC1. The molecule has 3 aromatic heterocycles. The summed E-state index contributed by atoms with van der Waals surface area (Å²) in [6, 6.07) is 6.21. The van der Waals surface area contributed by atoms with Crippen LogP contribution in [-0.2, 0) is 0 Å². The van der Waals surface area contributed by atoms with Gasteiger partial charge in [-0.1, -0.05) is 11.2 Å². The second-order valence-electron chi connectivity index (χ2n) is 7.24. The third kappa shape index (κ3) is 2.72. The average molecular weight is 338 g/mol. The number of fused-ring (bicyclic) bond motifs is 1. The standard InChI is InChI=1S/C18H22N6O/c1-12(18-19-16(22-25-18)13-5-6-13)23-10-7-14(8-11-23)17-21-20-15-4-2-3-9-24(15)17/h2-4,9,12-14H,5-8,10-11H2,1H3. The van der Waals surface area contributed by atoms with Crippen LogP contribution in [0, 0.1) is 0 Å². The maximum absolute atomic E-state index is 5.51. The highest BCUT2D eigenvalue weighted by molar-refractivity contribution is 5.37. The van der Waals surface area contributed by atoms with Gasteiger partial charge in [0.1, 0.15) is 5.82 Å². The molecule has 0 bridgehead atoms. The zero-order valence-corrected chi connectivity index (χ0v) is 14.4. The molecule has 0 amide bonds. The molecular formula is C18H22N6O. The summed E-state index contributed by atoms with van der Waals surface area (Å²) in [5.74, 6) is 3.72. The van der Waals surface area contributed by atoms with Gasteiger partial charge in [-0.05, 0) is 57.8 Å². The van der Waals surface area contributed by atoms with E-state index in [1.165, 1.54) is 12.8 Å². The van der Waals surface area contributed by atoms with Crippen molar-refractivity contribution in [3.05, 3.63) is 41.9 Å². The third-order valence-corrected chi connectivity index (χ3v) is 5.54. The molecular weight excluding hydrogens is 316 g/mol. The Bertz CT molecular complexity index is 874. The van der Waals surface area contributed by atoms with Gasteiger partial charge in [0, 0.05) is 18.0 Å². The molecule has 1 saturated heterocycles. The molecule has 2 aliphatic rings. The van der Waals surface area contributed by atoms with Gasteiger partial charge >= 0.3 is 0 Å². The second-order valence-corrected chi connectivity index (χ2v) is 7.24. The summed E-state index contributed by atoms with van der Waals surface area (Å²) in [5.41, 5.74) is 0.923. The molecule has 0 N–H and O–H groups in total. The van der Waals surface area contributed by atoms with Crippen molar-refractivity contribution in [2.24, 2.45) is 0 Å². The Morgan fingerprint density at radius 1 is 1.08 bits per heavy atom. The van der Waals surface area contributed by atoms with E-state index in [4.69, 9.17) is 4.52 Å². The summed E-state index contributed by atoms with van der Waals surface area (Å²) in [7, 11) is 0. The van der Waals surface area contributed by atoms with Crippen molar-refractivity contribution in [2.75, 3.05) is 13.1 Å². The van der Waals surface area contributed by atoms with Crippen LogP contribution >= 0.6 is 0 Å². The molecule has 1 aliphatic heterocycles. The minimum atomic E-state index is 0.177. The molecule has 1 aliphatic carbocycles. The van der Waals surface area contributed by atoms with Gasteiger partial charge in [-0.15, -0.1) is 10.2 Å². The molecule has 0 radical (unpaired) electrons. The zero-order valence-electron chi connectivity index (χ0n) is 14.4.